The van der Waals surface area contributed by atoms with Gasteiger partial charge in [-0.25, -0.2) is 0 Å². The van der Waals surface area contributed by atoms with Gasteiger partial charge in [-0.2, -0.15) is 0 Å². The average molecular weight is 191 g/mol. The highest BCUT2D eigenvalue weighted by molar-refractivity contribution is 5.96. The van der Waals surface area contributed by atoms with Crippen LogP contribution in [0.5, 0.6) is 0 Å². The van der Waals surface area contributed by atoms with Crippen molar-refractivity contribution in [3.8, 4) is 0 Å². The number of nitrogen functional groups attached to an aromatic ring is 1. The largest absolute Gasteiger partial charge is 0.399 e. The van der Waals surface area contributed by atoms with E-state index in [9.17, 15) is 0 Å². The molecular formula is C11H17N3. The third-order valence-corrected chi connectivity index (χ3v) is 2.03. The fourth-order valence-corrected chi connectivity index (χ4v) is 1.14. The van der Waals surface area contributed by atoms with Crippen LogP contribution in [0.25, 0.3) is 0 Å². The van der Waals surface area contributed by atoms with Crippen LogP contribution in [-0.2, 0) is 0 Å². The third kappa shape index (κ3) is 3.09. The van der Waals surface area contributed by atoms with E-state index in [2.05, 4.69) is 12.2 Å². The molecule has 1 aromatic rings. The molecule has 3 heteroatoms. The Morgan fingerprint density at radius 1 is 1.36 bits per heavy atom. The number of hydrogen-bond donors (Lipinski definition) is 3. The summed E-state index contributed by atoms with van der Waals surface area (Å²) in [6.07, 6.45) is 2.24. The highest BCUT2D eigenvalue weighted by Crippen LogP contribution is 2.04. The number of nitrogens with two attached hydrogens (primary N) is 1. The number of anilines is 1. The summed E-state index contributed by atoms with van der Waals surface area (Å²) < 4.78 is 0. The molecule has 0 aromatic heterocycles. The summed E-state index contributed by atoms with van der Waals surface area (Å²) in [4.78, 5) is 0. The molecule has 0 saturated heterocycles. The maximum Gasteiger partial charge on any atom is 0.125 e. The molecule has 0 aliphatic rings. The van der Waals surface area contributed by atoms with E-state index in [0.29, 0.717) is 5.84 Å². The van der Waals surface area contributed by atoms with Crippen molar-refractivity contribution in [3.05, 3.63) is 29.8 Å². The van der Waals surface area contributed by atoms with Crippen LogP contribution in [0.3, 0.4) is 0 Å². The van der Waals surface area contributed by atoms with E-state index in [1.165, 1.54) is 0 Å². The van der Waals surface area contributed by atoms with Crippen LogP contribution in [0, 0.1) is 5.41 Å². The Hall–Kier alpha value is -1.51. The topological polar surface area (TPSA) is 61.9 Å². The molecule has 0 aliphatic carbocycles. The van der Waals surface area contributed by atoms with Crippen LogP contribution in [-0.4, -0.2) is 12.4 Å². The summed E-state index contributed by atoms with van der Waals surface area (Å²) in [5, 5.41) is 10.8. The molecule has 76 valence electrons. The summed E-state index contributed by atoms with van der Waals surface area (Å²) >= 11 is 0. The minimum absolute atomic E-state index is 0.471. The minimum atomic E-state index is 0.471. The van der Waals surface area contributed by atoms with Gasteiger partial charge in [-0.3, -0.25) is 5.41 Å². The van der Waals surface area contributed by atoms with Crippen molar-refractivity contribution in [2.45, 2.75) is 19.8 Å². The molecule has 4 N–H and O–H groups in total. The number of benzene rings is 1. The Balaban J connectivity index is 2.48. The van der Waals surface area contributed by atoms with Gasteiger partial charge in [-0.05, 0) is 30.7 Å². The fraction of sp³-hybridized carbons (Fsp3) is 0.364. The zero-order valence-corrected chi connectivity index (χ0v) is 8.51. The van der Waals surface area contributed by atoms with E-state index < -0.39 is 0 Å². The SMILES string of the molecule is CCCCNC(=N)c1ccc(N)cc1. The van der Waals surface area contributed by atoms with E-state index in [1.807, 2.05) is 24.3 Å². The number of hydrogen-bond acceptors (Lipinski definition) is 2. The molecule has 0 aliphatic heterocycles. The first-order chi connectivity index (χ1) is 6.74. The van der Waals surface area contributed by atoms with Crippen molar-refractivity contribution in [1.29, 1.82) is 5.41 Å². The van der Waals surface area contributed by atoms with E-state index in [-0.39, 0.29) is 0 Å². The van der Waals surface area contributed by atoms with Gasteiger partial charge < -0.3 is 11.1 Å². The zero-order chi connectivity index (χ0) is 10.4. The molecule has 0 spiro atoms. The highest BCUT2D eigenvalue weighted by Gasteiger charge is 1.98. The number of amidine groups is 1. The maximum absolute atomic E-state index is 7.73. The molecule has 0 fully saturated rings. The van der Waals surface area contributed by atoms with Gasteiger partial charge in [-0.1, -0.05) is 13.3 Å². The van der Waals surface area contributed by atoms with Crippen molar-refractivity contribution < 1.29 is 0 Å². The van der Waals surface area contributed by atoms with Gasteiger partial charge in [0.2, 0.25) is 0 Å². The molecule has 0 heterocycles. The normalized spacial score (nSPS) is 9.79. The second-order valence-electron chi connectivity index (χ2n) is 3.28. The lowest BCUT2D eigenvalue weighted by molar-refractivity contribution is 0.753. The first-order valence-electron chi connectivity index (χ1n) is 4.92. The molecular weight excluding hydrogens is 174 g/mol. The van der Waals surface area contributed by atoms with Gasteiger partial charge in [-0.15, -0.1) is 0 Å². The molecule has 1 aromatic carbocycles. The van der Waals surface area contributed by atoms with Gasteiger partial charge in [0.15, 0.2) is 0 Å². The van der Waals surface area contributed by atoms with Crippen LogP contribution in [0.15, 0.2) is 24.3 Å². The van der Waals surface area contributed by atoms with Crippen LogP contribution in [0.2, 0.25) is 0 Å². The Labute approximate surface area is 84.8 Å². The lowest BCUT2D eigenvalue weighted by Gasteiger charge is -2.07. The summed E-state index contributed by atoms with van der Waals surface area (Å²) in [6.45, 7) is 2.99. The summed E-state index contributed by atoms with van der Waals surface area (Å²) in [5.41, 5.74) is 7.17. The first kappa shape index (κ1) is 10.6. The third-order valence-electron chi connectivity index (χ3n) is 2.03. The predicted molar refractivity (Wildman–Crippen MR) is 60.6 cm³/mol. The molecule has 0 atom stereocenters. The van der Waals surface area contributed by atoms with Crippen molar-refractivity contribution in [2.75, 3.05) is 12.3 Å². The van der Waals surface area contributed by atoms with Gasteiger partial charge in [0.25, 0.3) is 0 Å². The summed E-state index contributed by atoms with van der Waals surface area (Å²) in [7, 11) is 0. The van der Waals surface area contributed by atoms with Crippen molar-refractivity contribution in [2.24, 2.45) is 0 Å². The standard InChI is InChI=1S/C11H17N3/c1-2-3-8-14-11(13)9-4-6-10(12)7-5-9/h4-7H,2-3,8,12H2,1H3,(H2,13,14). The maximum atomic E-state index is 7.73. The molecule has 0 radical (unpaired) electrons. The summed E-state index contributed by atoms with van der Waals surface area (Å²) in [6, 6.07) is 7.34. The van der Waals surface area contributed by atoms with Crippen LogP contribution >= 0.6 is 0 Å². The minimum Gasteiger partial charge on any atom is -0.399 e. The molecule has 3 nitrogen and oxygen atoms in total. The quantitative estimate of drug-likeness (QED) is 0.295. The van der Waals surface area contributed by atoms with E-state index in [0.717, 1.165) is 30.6 Å². The Kier molecular flexibility index (Phi) is 3.98. The Morgan fingerprint density at radius 2 is 2.00 bits per heavy atom. The molecule has 1 rings (SSSR count). The van der Waals surface area contributed by atoms with E-state index >= 15 is 0 Å². The average Bonchev–Trinajstić information content (AvgIpc) is 2.19. The number of nitrogens with one attached hydrogen (secondary N) is 2. The fourth-order valence-electron chi connectivity index (χ4n) is 1.14. The first-order valence-corrected chi connectivity index (χ1v) is 4.92. The number of unbranched alkanes of at least 4 members (excludes halogenated alkanes) is 1. The Bertz CT molecular complexity index is 290. The van der Waals surface area contributed by atoms with E-state index in [1.54, 1.807) is 0 Å². The van der Waals surface area contributed by atoms with Crippen LogP contribution in [0.4, 0.5) is 5.69 Å². The van der Waals surface area contributed by atoms with Crippen molar-refractivity contribution in [1.82, 2.24) is 5.32 Å². The lowest BCUT2D eigenvalue weighted by Crippen LogP contribution is -2.24. The highest BCUT2D eigenvalue weighted by atomic mass is 14.9. The molecule has 0 amide bonds. The smallest absolute Gasteiger partial charge is 0.125 e. The molecule has 14 heavy (non-hydrogen) atoms. The molecule has 0 saturated carbocycles. The van der Waals surface area contributed by atoms with Crippen molar-refractivity contribution >= 4 is 11.5 Å². The zero-order valence-electron chi connectivity index (χ0n) is 8.51. The van der Waals surface area contributed by atoms with Crippen LogP contribution < -0.4 is 11.1 Å². The second kappa shape index (κ2) is 5.27. The predicted octanol–water partition coefficient (Wildman–Crippen LogP) is 1.98. The second-order valence-corrected chi connectivity index (χ2v) is 3.28. The molecule has 0 unspecified atom stereocenters. The van der Waals surface area contributed by atoms with Crippen LogP contribution in [0.1, 0.15) is 25.3 Å². The van der Waals surface area contributed by atoms with Gasteiger partial charge >= 0.3 is 0 Å². The van der Waals surface area contributed by atoms with Gasteiger partial charge in [0, 0.05) is 17.8 Å². The Morgan fingerprint density at radius 3 is 2.57 bits per heavy atom. The van der Waals surface area contributed by atoms with E-state index in [4.69, 9.17) is 11.1 Å². The summed E-state index contributed by atoms with van der Waals surface area (Å²) in [5.74, 6) is 0.471. The molecule has 0 bridgehead atoms. The monoisotopic (exact) mass is 191 g/mol. The van der Waals surface area contributed by atoms with Crippen molar-refractivity contribution in [3.63, 3.8) is 0 Å². The van der Waals surface area contributed by atoms with Gasteiger partial charge in [0.05, 0.1) is 0 Å². The van der Waals surface area contributed by atoms with Gasteiger partial charge in [0.1, 0.15) is 5.84 Å². The lowest BCUT2D eigenvalue weighted by atomic mass is 10.2. The number of rotatable bonds is 4.